The first-order valence-corrected chi connectivity index (χ1v) is 9.55. The van der Waals surface area contributed by atoms with Crippen LogP contribution >= 0.6 is 0 Å². The van der Waals surface area contributed by atoms with Crippen LogP contribution in [0.2, 0.25) is 0 Å². The largest absolute Gasteiger partial charge is 0.341 e. The minimum Gasteiger partial charge on any atom is -0.341 e. The lowest BCUT2D eigenvalue weighted by molar-refractivity contribution is 0.0943. The van der Waals surface area contributed by atoms with E-state index in [4.69, 9.17) is 0 Å². The third kappa shape index (κ3) is 3.16. The standard InChI is InChI=1S/C23H18N6O/c1-15-12-24-10-9-18(15)22(16-5-3-2-4-6-16)27-23(30)17-7-8-19-20(11-17)29-14-26-28-21(29)13-25-19/h2-14,22H,1H3,(H,27,30). The average Bonchev–Trinajstić information content (AvgIpc) is 3.28. The average molecular weight is 394 g/mol. The van der Waals surface area contributed by atoms with Gasteiger partial charge in [-0.25, -0.2) is 0 Å². The van der Waals surface area contributed by atoms with Crippen LogP contribution in [0, 0.1) is 6.92 Å². The predicted octanol–water partition coefficient (Wildman–Crippen LogP) is 3.50. The lowest BCUT2D eigenvalue weighted by Crippen LogP contribution is -2.29. The molecule has 0 radical (unpaired) electrons. The Hall–Kier alpha value is -4.13. The molecule has 0 aliphatic heterocycles. The molecule has 0 bridgehead atoms. The highest BCUT2D eigenvalue weighted by molar-refractivity contribution is 5.98. The van der Waals surface area contributed by atoms with E-state index in [9.17, 15) is 4.79 Å². The molecule has 2 aromatic carbocycles. The van der Waals surface area contributed by atoms with Gasteiger partial charge in [0, 0.05) is 18.0 Å². The van der Waals surface area contributed by atoms with E-state index in [0.29, 0.717) is 11.2 Å². The molecule has 7 heteroatoms. The zero-order chi connectivity index (χ0) is 20.5. The summed E-state index contributed by atoms with van der Waals surface area (Å²) < 4.78 is 1.82. The summed E-state index contributed by atoms with van der Waals surface area (Å²) >= 11 is 0. The molecule has 5 aromatic rings. The van der Waals surface area contributed by atoms with Crippen LogP contribution in [0.3, 0.4) is 0 Å². The van der Waals surface area contributed by atoms with Crippen LogP contribution in [0.4, 0.5) is 0 Å². The number of aryl methyl sites for hydroxylation is 1. The summed E-state index contributed by atoms with van der Waals surface area (Å²) in [6.45, 7) is 1.99. The van der Waals surface area contributed by atoms with E-state index in [0.717, 1.165) is 27.7 Å². The number of hydrogen-bond donors (Lipinski definition) is 1. The molecule has 7 nitrogen and oxygen atoms in total. The summed E-state index contributed by atoms with van der Waals surface area (Å²) in [6.07, 6.45) is 6.83. The Balaban J connectivity index is 1.55. The van der Waals surface area contributed by atoms with Crippen molar-refractivity contribution in [3.63, 3.8) is 0 Å². The fourth-order valence-corrected chi connectivity index (χ4v) is 3.62. The number of amides is 1. The van der Waals surface area contributed by atoms with Crippen molar-refractivity contribution in [3.05, 3.63) is 102 Å². The third-order valence-electron chi connectivity index (χ3n) is 5.17. The molecule has 3 aromatic heterocycles. The van der Waals surface area contributed by atoms with Gasteiger partial charge in [-0.1, -0.05) is 30.3 Å². The molecular weight excluding hydrogens is 376 g/mol. The van der Waals surface area contributed by atoms with Gasteiger partial charge >= 0.3 is 0 Å². The van der Waals surface area contributed by atoms with Crippen LogP contribution in [0.1, 0.15) is 33.1 Å². The summed E-state index contributed by atoms with van der Waals surface area (Å²) in [5.74, 6) is -0.174. The van der Waals surface area contributed by atoms with Gasteiger partial charge in [0.2, 0.25) is 0 Å². The smallest absolute Gasteiger partial charge is 0.252 e. The first-order valence-electron chi connectivity index (χ1n) is 9.55. The van der Waals surface area contributed by atoms with Crippen molar-refractivity contribution in [2.24, 2.45) is 0 Å². The van der Waals surface area contributed by atoms with Gasteiger partial charge in [-0.15, -0.1) is 10.2 Å². The first-order chi connectivity index (χ1) is 14.7. The number of carbonyl (C=O) groups excluding carboxylic acids is 1. The molecule has 3 heterocycles. The highest BCUT2D eigenvalue weighted by Crippen LogP contribution is 2.25. The normalized spacial score (nSPS) is 12.2. The molecule has 0 saturated carbocycles. The Morgan fingerprint density at radius 3 is 2.77 bits per heavy atom. The van der Waals surface area contributed by atoms with Crippen molar-refractivity contribution < 1.29 is 4.79 Å². The van der Waals surface area contributed by atoms with Crippen molar-refractivity contribution >= 4 is 22.6 Å². The molecule has 0 saturated heterocycles. The molecule has 5 rings (SSSR count). The van der Waals surface area contributed by atoms with Gasteiger partial charge in [-0.05, 0) is 47.9 Å². The number of aromatic nitrogens is 5. The van der Waals surface area contributed by atoms with Crippen LogP contribution < -0.4 is 5.32 Å². The van der Waals surface area contributed by atoms with Gasteiger partial charge in [0.05, 0.1) is 23.3 Å². The number of benzene rings is 2. The van der Waals surface area contributed by atoms with Crippen LogP contribution in [0.25, 0.3) is 16.7 Å². The fraction of sp³-hybridized carbons (Fsp3) is 0.0870. The maximum Gasteiger partial charge on any atom is 0.252 e. The Kier molecular flexibility index (Phi) is 4.40. The van der Waals surface area contributed by atoms with E-state index in [-0.39, 0.29) is 11.9 Å². The van der Waals surface area contributed by atoms with E-state index < -0.39 is 0 Å². The second-order valence-corrected chi connectivity index (χ2v) is 7.07. The minimum atomic E-state index is -0.291. The van der Waals surface area contributed by atoms with E-state index in [2.05, 4.69) is 25.5 Å². The molecule has 30 heavy (non-hydrogen) atoms. The Labute approximate surface area is 172 Å². The van der Waals surface area contributed by atoms with E-state index in [1.165, 1.54) is 0 Å². The van der Waals surface area contributed by atoms with Crippen molar-refractivity contribution in [2.75, 3.05) is 0 Å². The zero-order valence-corrected chi connectivity index (χ0v) is 16.2. The highest BCUT2D eigenvalue weighted by Gasteiger charge is 2.20. The highest BCUT2D eigenvalue weighted by atomic mass is 16.1. The van der Waals surface area contributed by atoms with Gasteiger partial charge in [-0.3, -0.25) is 19.2 Å². The number of pyridine rings is 1. The number of fused-ring (bicyclic) bond motifs is 3. The minimum absolute atomic E-state index is 0.174. The van der Waals surface area contributed by atoms with Crippen molar-refractivity contribution in [1.82, 2.24) is 29.9 Å². The topological polar surface area (TPSA) is 85.1 Å². The SMILES string of the molecule is Cc1cnccc1C(NC(=O)c1ccc2ncc3nncn3c2c1)c1ccccc1. The summed E-state index contributed by atoms with van der Waals surface area (Å²) in [5, 5.41) is 11.1. The maximum atomic E-state index is 13.2. The molecule has 0 fully saturated rings. The van der Waals surface area contributed by atoms with E-state index >= 15 is 0 Å². The lowest BCUT2D eigenvalue weighted by atomic mass is 9.96. The predicted molar refractivity (Wildman–Crippen MR) is 113 cm³/mol. The molecule has 1 amide bonds. The molecule has 146 valence electrons. The van der Waals surface area contributed by atoms with Gasteiger partial charge in [0.1, 0.15) is 6.33 Å². The molecular formula is C23H18N6O. The van der Waals surface area contributed by atoms with Crippen LogP contribution in [-0.2, 0) is 0 Å². The molecule has 1 N–H and O–H groups in total. The molecule has 0 spiro atoms. The summed E-state index contributed by atoms with van der Waals surface area (Å²) in [7, 11) is 0. The van der Waals surface area contributed by atoms with Gasteiger partial charge < -0.3 is 5.32 Å². The van der Waals surface area contributed by atoms with E-state index in [1.54, 1.807) is 24.8 Å². The Morgan fingerprint density at radius 2 is 1.93 bits per heavy atom. The maximum absolute atomic E-state index is 13.2. The zero-order valence-electron chi connectivity index (χ0n) is 16.2. The summed E-state index contributed by atoms with van der Waals surface area (Å²) in [5.41, 5.74) is 5.75. The summed E-state index contributed by atoms with van der Waals surface area (Å²) in [4.78, 5) is 21.8. The van der Waals surface area contributed by atoms with Gasteiger partial charge in [0.15, 0.2) is 5.65 Å². The third-order valence-corrected chi connectivity index (χ3v) is 5.17. The number of carbonyl (C=O) groups is 1. The second-order valence-electron chi connectivity index (χ2n) is 7.07. The number of hydrogen-bond acceptors (Lipinski definition) is 5. The summed E-state index contributed by atoms with van der Waals surface area (Å²) in [6, 6.07) is 17.0. The monoisotopic (exact) mass is 394 g/mol. The van der Waals surface area contributed by atoms with Crippen LogP contribution in [0.15, 0.2) is 79.5 Å². The van der Waals surface area contributed by atoms with Crippen molar-refractivity contribution in [1.29, 1.82) is 0 Å². The van der Waals surface area contributed by atoms with Crippen LogP contribution in [0.5, 0.6) is 0 Å². The Morgan fingerprint density at radius 1 is 1.07 bits per heavy atom. The van der Waals surface area contributed by atoms with Crippen molar-refractivity contribution in [2.45, 2.75) is 13.0 Å². The second kappa shape index (κ2) is 7.36. The van der Waals surface area contributed by atoms with E-state index in [1.807, 2.05) is 66.1 Å². The molecule has 1 unspecified atom stereocenters. The molecule has 1 atom stereocenters. The quantitative estimate of drug-likeness (QED) is 0.504. The van der Waals surface area contributed by atoms with Gasteiger partial charge in [0.25, 0.3) is 5.91 Å². The number of rotatable bonds is 4. The number of nitrogens with one attached hydrogen (secondary N) is 1. The van der Waals surface area contributed by atoms with Gasteiger partial charge in [-0.2, -0.15) is 0 Å². The number of nitrogens with zero attached hydrogens (tertiary/aromatic N) is 5. The molecule has 0 aliphatic carbocycles. The Bertz CT molecular complexity index is 1360. The lowest BCUT2D eigenvalue weighted by Gasteiger charge is -2.21. The van der Waals surface area contributed by atoms with Crippen LogP contribution in [-0.4, -0.2) is 30.5 Å². The molecule has 0 aliphatic rings. The first kappa shape index (κ1) is 17.9. The fourth-order valence-electron chi connectivity index (χ4n) is 3.62. The van der Waals surface area contributed by atoms with Crippen molar-refractivity contribution in [3.8, 4) is 0 Å².